The lowest BCUT2D eigenvalue weighted by Crippen LogP contribution is -2.39. The van der Waals surface area contributed by atoms with E-state index in [-0.39, 0.29) is 11.3 Å². The summed E-state index contributed by atoms with van der Waals surface area (Å²) in [7, 11) is 0. The number of rotatable bonds is 3. The Hall–Kier alpha value is -2.00. The van der Waals surface area contributed by atoms with Gasteiger partial charge in [-0.3, -0.25) is 0 Å². The Bertz CT molecular complexity index is 619. The Kier molecular flexibility index (Phi) is 5.09. The quantitative estimate of drug-likeness (QED) is 0.863. The van der Waals surface area contributed by atoms with Gasteiger partial charge in [-0.05, 0) is 24.5 Å². The van der Waals surface area contributed by atoms with E-state index in [0.29, 0.717) is 31.5 Å². The highest BCUT2D eigenvalue weighted by atomic mass is 35.5. The molecule has 1 fully saturated rings. The van der Waals surface area contributed by atoms with E-state index >= 15 is 0 Å². The number of nitrogens with two attached hydrogens (primary N) is 1. The van der Waals surface area contributed by atoms with Gasteiger partial charge in [0.15, 0.2) is 0 Å². The summed E-state index contributed by atoms with van der Waals surface area (Å²) in [5.41, 5.74) is 7.43. The number of anilines is 1. The molecule has 1 saturated heterocycles. The fraction of sp³-hybridized carbons (Fsp3) is 0.533. The molecule has 1 aliphatic rings. The lowest BCUT2D eigenvalue weighted by molar-refractivity contribution is 0.0911. The van der Waals surface area contributed by atoms with Gasteiger partial charge in [-0.15, -0.1) is 0 Å². The lowest BCUT2D eigenvalue weighted by Gasteiger charge is -2.33. The molecule has 6 nitrogen and oxygen atoms in total. The highest BCUT2D eigenvalue weighted by molar-refractivity contribution is 6.30. The number of aromatic nitrogens is 1. The normalized spacial score (nSPS) is 15.5. The molecule has 0 atom stereocenters. The maximum atomic E-state index is 10.8. The number of piperidine rings is 1. The van der Waals surface area contributed by atoms with Gasteiger partial charge in [0, 0.05) is 25.9 Å². The van der Waals surface area contributed by atoms with Crippen molar-refractivity contribution in [1.82, 2.24) is 4.98 Å². The summed E-state index contributed by atoms with van der Waals surface area (Å²) < 4.78 is 5.03. The van der Waals surface area contributed by atoms with Crippen LogP contribution in [0.25, 0.3) is 0 Å². The molecular formula is C15H19ClN4O2. The molecule has 2 heterocycles. The summed E-state index contributed by atoms with van der Waals surface area (Å²) in [6.07, 6.45) is 1.24. The molecule has 22 heavy (non-hydrogen) atoms. The second-order valence-electron chi connectivity index (χ2n) is 5.29. The van der Waals surface area contributed by atoms with Crippen molar-refractivity contribution in [2.75, 3.05) is 18.0 Å². The number of carbonyl (C=O) groups excluding carboxylic acids is 1. The summed E-state index contributed by atoms with van der Waals surface area (Å²) in [4.78, 5) is 17.3. The van der Waals surface area contributed by atoms with Crippen molar-refractivity contribution in [2.45, 2.75) is 39.2 Å². The van der Waals surface area contributed by atoms with Gasteiger partial charge in [0.1, 0.15) is 23.1 Å². The monoisotopic (exact) mass is 322 g/mol. The zero-order valence-electron chi connectivity index (χ0n) is 12.7. The molecule has 1 aromatic rings. The van der Waals surface area contributed by atoms with E-state index in [1.807, 2.05) is 13.8 Å². The van der Waals surface area contributed by atoms with Gasteiger partial charge in [0.05, 0.1) is 5.56 Å². The van der Waals surface area contributed by atoms with Crippen LogP contribution in [0.1, 0.15) is 36.5 Å². The summed E-state index contributed by atoms with van der Waals surface area (Å²) in [5.74, 6) is 0.804. The fourth-order valence-electron chi connectivity index (χ4n) is 2.89. The molecule has 1 aromatic heterocycles. The molecular weight excluding hydrogens is 304 g/mol. The van der Waals surface area contributed by atoms with Crippen molar-refractivity contribution >= 4 is 23.5 Å². The molecule has 0 aliphatic carbocycles. The smallest absolute Gasteiger partial charge is 0.404 e. The van der Waals surface area contributed by atoms with Crippen LogP contribution in [0, 0.1) is 18.3 Å². The van der Waals surface area contributed by atoms with Crippen LogP contribution in [-0.2, 0) is 11.2 Å². The molecule has 0 bridgehead atoms. The third-order valence-corrected chi connectivity index (χ3v) is 4.26. The second-order valence-corrected chi connectivity index (χ2v) is 5.65. The minimum Gasteiger partial charge on any atom is -0.446 e. The molecule has 2 rings (SSSR count). The number of pyridine rings is 1. The number of amides is 1. The SMILES string of the molecule is CCc1c(C)c(N2CCC(OC(N)=O)CC2)nc(Cl)c1C#N. The maximum Gasteiger partial charge on any atom is 0.404 e. The molecule has 2 N–H and O–H groups in total. The molecule has 1 aliphatic heterocycles. The zero-order chi connectivity index (χ0) is 16.3. The molecule has 0 unspecified atom stereocenters. The van der Waals surface area contributed by atoms with Crippen LogP contribution in [0.4, 0.5) is 10.6 Å². The zero-order valence-corrected chi connectivity index (χ0v) is 13.5. The minimum absolute atomic E-state index is 0.145. The second kappa shape index (κ2) is 6.84. The number of primary amides is 1. The molecule has 0 spiro atoms. The van der Waals surface area contributed by atoms with Crippen molar-refractivity contribution < 1.29 is 9.53 Å². The summed E-state index contributed by atoms with van der Waals surface area (Å²) in [6, 6.07) is 2.13. The van der Waals surface area contributed by atoms with E-state index < -0.39 is 6.09 Å². The Morgan fingerprint density at radius 1 is 1.55 bits per heavy atom. The van der Waals surface area contributed by atoms with Crippen LogP contribution in [-0.4, -0.2) is 30.3 Å². The van der Waals surface area contributed by atoms with E-state index in [0.717, 1.165) is 23.4 Å². The van der Waals surface area contributed by atoms with Crippen molar-refractivity contribution in [3.8, 4) is 6.07 Å². The third-order valence-electron chi connectivity index (χ3n) is 3.99. The molecule has 118 valence electrons. The van der Waals surface area contributed by atoms with Crippen molar-refractivity contribution in [3.63, 3.8) is 0 Å². The summed E-state index contributed by atoms with van der Waals surface area (Å²) in [5, 5.41) is 9.47. The summed E-state index contributed by atoms with van der Waals surface area (Å²) >= 11 is 6.16. The molecule has 0 saturated carbocycles. The van der Waals surface area contributed by atoms with Crippen molar-refractivity contribution in [2.24, 2.45) is 5.73 Å². The van der Waals surface area contributed by atoms with E-state index in [9.17, 15) is 10.1 Å². The van der Waals surface area contributed by atoms with E-state index in [2.05, 4.69) is 16.0 Å². The highest BCUT2D eigenvalue weighted by Crippen LogP contribution is 2.30. The van der Waals surface area contributed by atoms with E-state index in [1.165, 1.54) is 0 Å². The average molecular weight is 323 g/mol. The van der Waals surface area contributed by atoms with Gasteiger partial charge in [-0.1, -0.05) is 18.5 Å². The van der Waals surface area contributed by atoms with Gasteiger partial charge < -0.3 is 15.4 Å². The highest BCUT2D eigenvalue weighted by Gasteiger charge is 2.25. The lowest BCUT2D eigenvalue weighted by atomic mass is 10.0. The number of halogens is 1. The summed E-state index contributed by atoms with van der Waals surface area (Å²) in [6.45, 7) is 5.37. The van der Waals surface area contributed by atoms with Crippen LogP contribution >= 0.6 is 11.6 Å². The Morgan fingerprint density at radius 2 is 2.18 bits per heavy atom. The van der Waals surface area contributed by atoms with Crippen molar-refractivity contribution in [1.29, 1.82) is 5.26 Å². The van der Waals surface area contributed by atoms with Crippen LogP contribution < -0.4 is 10.6 Å². The molecule has 0 aromatic carbocycles. The third kappa shape index (κ3) is 3.25. The topological polar surface area (TPSA) is 92.2 Å². The maximum absolute atomic E-state index is 10.8. The van der Waals surface area contributed by atoms with E-state index in [1.54, 1.807) is 0 Å². The number of nitriles is 1. The number of carbonyl (C=O) groups is 1. The first kappa shape index (κ1) is 16.4. The Morgan fingerprint density at radius 3 is 2.68 bits per heavy atom. The first-order chi connectivity index (χ1) is 10.5. The number of ether oxygens (including phenoxy) is 1. The Balaban J connectivity index is 2.23. The predicted molar refractivity (Wildman–Crippen MR) is 84.0 cm³/mol. The van der Waals surface area contributed by atoms with Gasteiger partial charge in [0.25, 0.3) is 0 Å². The molecule has 0 radical (unpaired) electrons. The number of hydrogen-bond acceptors (Lipinski definition) is 5. The number of nitrogens with zero attached hydrogens (tertiary/aromatic N) is 3. The largest absolute Gasteiger partial charge is 0.446 e. The first-order valence-electron chi connectivity index (χ1n) is 7.28. The van der Waals surface area contributed by atoms with Gasteiger partial charge in [0.2, 0.25) is 0 Å². The number of hydrogen-bond donors (Lipinski definition) is 1. The Labute approximate surface area is 134 Å². The van der Waals surface area contributed by atoms with Gasteiger partial charge in [-0.25, -0.2) is 9.78 Å². The van der Waals surface area contributed by atoms with Crippen LogP contribution in [0.15, 0.2) is 0 Å². The average Bonchev–Trinajstić information content (AvgIpc) is 2.49. The van der Waals surface area contributed by atoms with Gasteiger partial charge in [-0.2, -0.15) is 5.26 Å². The van der Waals surface area contributed by atoms with Crippen LogP contribution in [0.3, 0.4) is 0 Å². The fourth-order valence-corrected chi connectivity index (χ4v) is 3.13. The minimum atomic E-state index is -0.734. The molecule has 7 heteroatoms. The van der Waals surface area contributed by atoms with Gasteiger partial charge >= 0.3 is 6.09 Å². The van der Waals surface area contributed by atoms with Crippen molar-refractivity contribution in [3.05, 3.63) is 21.8 Å². The molecule has 1 amide bonds. The van der Waals surface area contributed by atoms with E-state index in [4.69, 9.17) is 22.1 Å². The van der Waals surface area contributed by atoms with Crippen LogP contribution in [0.2, 0.25) is 5.15 Å². The van der Waals surface area contributed by atoms with Crippen LogP contribution in [0.5, 0.6) is 0 Å². The first-order valence-corrected chi connectivity index (χ1v) is 7.65. The standard InChI is InChI=1S/C15H19ClN4O2/c1-3-11-9(2)14(19-13(16)12(11)8-17)20-6-4-10(5-7-20)22-15(18)21/h10H,3-7H2,1-2H3,(H2,18,21). The predicted octanol–water partition coefficient (Wildman–Crippen LogP) is 2.54.